The van der Waals surface area contributed by atoms with E-state index in [9.17, 15) is 9.59 Å². The number of benzene rings is 2. The molecule has 0 aliphatic rings. The SMILES string of the molecule is COc1cccc(NC(=O)c2ccc3nc(C)c(N(C)C(=O)CCc4ccccc4)n3c2)c1. The highest BCUT2D eigenvalue weighted by atomic mass is 16.5. The Morgan fingerprint density at radius 1 is 1.06 bits per heavy atom. The molecule has 1 N–H and O–H groups in total. The minimum Gasteiger partial charge on any atom is -0.497 e. The average molecular weight is 443 g/mol. The second-order valence-corrected chi connectivity index (χ2v) is 7.79. The number of carbonyl (C=O) groups is 2. The molecule has 2 amide bonds. The first kappa shape index (κ1) is 22.1. The molecule has 2 heterocycles. The first-order chi connectivity index (χ1) is 16.0. The van der Waals surface area contributed by atoms with Crippen LogP contribution in [0.1, 0.15) is 28.0 Å². The van der Waals surface area contributed by atoms with Crippen LogP contribution in [0.2, 0.25) is 0 Å². The van der Waals surface area contributed by atoms with E-state index in [1.165, 1.54) is 0 Å². The van der Waals surface area contributed by atoms with Crippen molar-refractivity contribution in [3.8, 4) is 5.75 Å². The molecule has 0 spiro atoms. The summed E-state index contributed by atoms with van der Waals surface area (Å²) in [6.45, 7) is 1.86. The molecule has 7 nitrogen and oxygen atoms in total. The number of ether oxygens (including phenoxy) is 1. The number of imidazole rings is 1. The van der Waals surface area contributed by atoms with Crippen LogP contribution in [0.25, 0.3) is 5.65 Å². The first-order valence-corrected chi connectivity index (χ1v) is 10.7. The number of hydrogen-bond donors (Lipinski definition) is 1. The molecule has 0 fully saturated rings. The zero-order valence-corrected chi connectivity index (χ0v) is 18.9. The number of nitrogens with zero attached hydrogens (tertiary/aromatic N) is 3. The number of aromatic nitrogens is 2. The van der Waals surface area contributed by atoms with Gasteiger partial charge >= 0.3 is 0 Å². The van der Waals surface area contributed by atoms with Crippen molar-refractivity contribution in [2.75, 3.05) is 24.4 Å². The standard InChI is InChI=1S/C26H26N4O3/c1-18-26(29(2)24(31)15-12-19-8-5-4-6-9-19)30-17-20(13-14-23(30)27-18)25(32)28-21-10-7-11-22(16-21)33-3/h4-11,13-14,16-17H,12,15H2,1-3H3,(H,28,32). The molecule has 0 saturated carbocycles. The highest BCUT2D eigenvalue weighted by molar-refractivity contribution is 6.04. The number of hydrogen-bond acceptors (Lipinski definition) is 4. The third-order valence-corrected chi connectivity index (χ3v) is 5.51. The molecule has 168 valence electrons. The van der Waals surface area contributed by atoms with Crippen molar-refractivity contribution in [1.82, 2.24) is 9.38 Å². The number of aryl methyl sites for hydroxylation is 2. The monoisotopic (exact) mass is 442 g/mol. The van der Waals surface area contributed by atoms with Crippen LogP contribution in [0.5, 0.6) is 5.75 Å². The summed E-state index contributed by atoms with van der Waals surface area (Å²) in [5, 5.41) is 2.88. The van der Waals surface area contributed by atoms with Gasteiger partial charge in [-0.15, -0.1) is 0 Å². The smallest absolute Gasteiger partial charge is 0.257 e. The highest BCUT2D eigenvalue weighted by Gasteiger charge is 2.20. The van der Waals surface area contributed by atoms with E-state index < -0.39 is 0 Å². The average Bonchev–Trinajstić information content (AvgIpc) is 3.17. The van der Waals surface area contributed by atoms with Gasteiger partial charge in [-0.05, 0) is 43.2 Å². The molecular formula is C26H26N4O3. The third kappa shape index (κ3) is 4.87. The minimum absolute atomic E-state index is 0.0185. The summed E-state index contributed by atoms with van der Waals surface area (Å²) in [5.41, 5.74) is 3.59. The summed E-state index contributed by atoms with van der Waals surface area (Å²) >= 11 is 0. The van der Waals surface area contributed by atoms with Gasteiger partial charge in [-0.25, -0.2) is 4.98 Å². The second-order valence-electron chi connectivity index (χ2n) is 7.79. The van der Waals surface area contributed by atoms with Crippen LogP contribution in [0.15, 0.2) is 72.9 Å². The van der Waals surface area contributed by atoms with Crippen LogP contribution in [0.4, 0.5) is 11.5 Å². The molecular weight excluding hydrogens is 416 g/mol. The van der Waals surface area contributed by atoms with Gasteiger partial charge in [0.1, 0.15) is 17.2 Å². The van der Waals surface area contributed by atoms with Gasteiger partial charge in [-0.1, -0.05) is 36.4 Å². The molecule has 0 unspecified atom stereocenters. The molecule has 0 bridgehead atoms. The van der Waals surface area contributed by atoms with Crippen LogP contribution in [0, 0.1) is 6.92 Å². The maximum Gasteiger partial charge on any atom is 0.257 e. The Labute approximate surface area is 192 Å². The van der Waals surface area contributed by atoms with Crippen molar-refractivity contribution >= 4 is 29.0 Å². The molecule has 33 heavy (non-hydrogen) atoms. The van der Waals surface area contributed by atoms with Gasteiger partial charge in [0.15, 0.2) is 0 Å². The van der Waals surface area contributed by atoms with Gasteiger partial charge in [0.25, 0.3) is 5.91 Å². The Kier molecular flexibility index (Phi) is 6.40. The maximum absolute atomic E-state index is 12.9. The molecule has 0 atom stereocenters. The Morgan fingerprint density at radius 2 is 1.85 bits per heavy atom. The minimum atomic E-state index is -0.263. The van der Waals surface area contributed by atoms with Crippen LogP contribution in [0.3, 0.4) is 0 Å². The van der Waals surface area contributed by atoms with Crippen molar-refractivity contribution in [3.63, 3.8) is 0 Å². The van der Waals surface area contributed by atoms with Gasteiger partial charge in [-0.2, -0.15) is 0 Å². The number of rotatable bonds is 7. The van der Waals surface area contributed by atoms with Crippen LogP contribution >= 0.6 is 0 Å². The number of carbonyl (C=O) groups excluding carboxylic acids is 2. The molecule has 2 aromatic heterocycles. The lowest BCUT2D eigenvalue weighted by Crippen LogP contribution is -2.28. The van der Waals surface area contributed by atoms with Crippen molar-refractivity contribution in [2.45, 2.75) is 19.8 Å². The summed E-state index contributed by atoms with van der Waals surface area (Å²) < 4.78 is 7.00. The van der Waals surface area contributed by atoms with Crippen LogP contribution in [-0.2, 0) is 11.2 Å². The van der Waals surface area contributed by atoms with Gasteiger partial charge in [0.05, 0.1) is 18.4 Å². The molecule has 0 radical (unpaired) electrons. The largest absolute Gasteiger partial charge is 0.497 e. The lowest BCUT2D eigenvalue weighted by molar-refractivity contribution is -0.118. The number of methoxy groups -OCH3 is 1. The summed E-state index contributed by atoms with van der Waals surface area (Å²) in [4.78, 5) is 32.0. The molecule has 4 rings (SSSR count). The van der Waals surface area contributed by atoms with Crippen molar-refractivity contribution < 1.29 is 14.3 Å². The summed E-state index contributed by atoms with van der Waals surface area (Å²) in [5.74, 6) is 1.03. The van der Waals surface area contributed by atoms with Crippen molar-refractivity contribution in [3.05, 3.63) is 89.7 Å². The zero-order chi connectivity index (χ0) is 23.4. The summed E-state index contributed by atoms with van der Waals surface area (Å²) in [7, 11) is 3.32. The van der Waals surface area contributed by atoms with E-state index in [0.717, 1.165) is 11.3 Å². The van der Waals surface area contributed by atoms with E-state index in [2.05, 4.69) is 10.3 Å². The number of amides is 2. The number of fused-ring (bicyclic) bond motifs is 1. The van der Waals surface area contributed by atoms with Crippen LogP contribution < -0.4 is 15.0 Å². The van der Waals surface area contributed by atoms with E-state index in [-0.39, 0.29) is 11.8 Å². The lowest BCUT2D eigenvalue weighted by atomic mass is 10.1. The van der Waals surface area contributed by atoms with Crippen molar-refractivity contribution in [1.29, 1.82) is 0 Å². The van der Waals surface area contributed by atoms with Crippen molar-refractivity contribution in [2.24, 2.45) is 0 Å². The van der Waals surface area contributed by atoms with Gasteiger partial charge in [0.2, 0.25) is 5.91 Å². The zero-order valence-electron chi connectivity index (χ0n) is 18.9. The first-order valence-electron chi connectivity index (χ1n) is 10.7. The fraction of sp³-hybridized carbons (Fsp3) is 0.192. The highest BCUT2D eigenvalue weighted by Crippen LogP contribution is 2.24. The Hall–Kier alpha value is -4.13. The van der Waals surface area contributed by atoms with E-state index in [1.54, 1.807) is 53.9 Å². The van der Waals surface area contributed by atoms with E-state index in [1.807, 2.05) is 49.4 Å². The molecule has 7 heteroatoms. The fourth-order valence-corrected chi connectivity index (χ4v) is 3.77. The van der Waals surface area contributed by atoms with Gasteiger partial charge < -0.3 is 10.1 Å². The van der Waals surface area contributed by atoms with E-state index in [4.69, 9.17) is 4.74 Å². The summed E-state index contributed by atoms with van der Waals surface area (Å²) in [6, 6.07) is 20.6. The fourth-order valence-electron chi connectivity index (χ4n) is 3.77. The molecule has 0 saturated heterocycles. The summed E-state index contributed by atoms with van der Waals surface area (Å²) in [6.07, 6.45) is 2.75. The predicted molar refractivity (Wildman–Crippen MR) is 129 cm³/mol. The molecule has 0 aliphatic heterocycles. The lowest BCUT2D eigenvalue weighted by Gasteiger charge is -2.18. The Morgan fingerprint density at radius 3 is 2.61 bits per heavy atom. The third-order valence-electron chi connectivity index (χ3n) is 5.51. The van der Waals surface area contributed by atoms with Gasteiger partial charge in [-0.3, -0.25) is 18.9 Å². The quantitative estimate of drug-likeness (QED) is 0.457. The molecule has 2 aromatic carbocycles. The van der Waals surface area contributed by atoms with E-state index >= 15 is 0 Å². The van der Waals surface area contributed by atoms with Gasteiger partial charge in [0, 0.05) is 31.4 Å². The molecule has 0 aliphatic carbocycles. The number of pyridine rings is 1. The van der Waals surface area contributed by atoms with Crippen LogP contribution in [-0.4, -0.2) is 35.4 Å². The Balaban J connectivity index is 1.56. The maximum atomic E-state index is 12.9. The molecule has 4 aromatic rings. The topological polar surface area (TPSA) is 75.9 Å². The van der Waals surface area contributed by atoms with E-state index in [0.29, 0.717) is 41.3 Å². The second kappa shape index (κ2) is 9.56. The predicted octanol–water partition coefficient (Wildman–Crippen LogP) is 4.50. The normalized spacial score (nSPS) is 10.8. The number of anilines is 2. The number of nitrogens with one attached hydrogen (secondary N) is 1. The Bertz CT molecular complexity index is 1300.